The van der Waals surface area contributed by atoms with E-state index in [1.54, 1.807) is 0 Å². The van der Waals surface area contributed by atoms with Crippen LogP contribution in [0.5, 0.6) is 0 Å². The van der Waals surface area contributed by atoms with Gasteiger partial charge in [-0.3, -0.25) is 9.59 Å². The maximum absolute atomic E-state index is 10.8. The molecular formula is C8H16N2O4. The van der Waals surface area contributed by atoms with Gasteiger partial charge in [0.1, 0.15) is 25.3 Å². The molecule has 0 saturated heterocycles. The third-order valence-electron chi connectivity index (χ3n) is 1.32. The summed E-state index contributed by atoms with van der Waals surface area (Å²) in [6.07, 6.45) is 0. The van der Waals surface area contributed by atoms with Crippen molar-refractivity contribution >= 4 is 11.9 Å². The summed E-state index contributed by atoms with van der Waals surface area (Å²) >= 11 is 0. The zero-order valence-electron chi connectivity index (χ0n) is 8.36. The Morgan fingerprint density at radius 1 is 1.00 bits per heavy atom. The lowest BCUT2D eigenvalue weighted by Crippen LogP contribution is -2.32. The van der Waals surface area contributed by atoms with Gasteiger partial charge in [-0.15, -0.1) is 0 Å². The van der Waals surface area contributed by atoms with Crippen LogP contribution >= 0.6 is 0 Å². The monoisotopic (exact) mass is 204 g/mol. The molecule has 0 unspecified atom stereocenters. The van der Waals surface area contributed by atoms with E-state index in [2.05, 4.69) is 9.47 Å². The molecule has 0 fully saturated rings. The lowest BCUT2D eigenvalue weighted by molar-refractivity contribution is -0.153. The first-order valence-corrected chi connectivity index (χ1v) is 4.29. The van der Waals surface area contributed by atoms with Crippen LogP contribution in [-0.4, -0.2) is 37.2 Å². The minimum atomic E-state index is -0.667. The highest BCUT2D eigenvalue weighted by atomic mass is 16.6. The second-order valence-electron chi connectivity index (χ2n) is 2.91. The Bertz CT molecular complexity index is 182. The molecule has 0 aliphatic rings. The van der Waals surface area contributed by atoms with Crippen molar-refractivity contribution in [1.82, 2.24) is 0 Å². The summed E-state index contributed by atoms with van der Waals surface area (Å²) < 4.78 is 9.30. The van der Waals surface area contributed by atoms with Gasteiger partial charge in [0.15, 0.2) is 0 Å². The highest BCUT2D eigenvalue weighted by molar-refractivity contribution is 5.75. The minimum Gasteiger partial charge on any atom is -0.461 e. The number of carbonyl (C=O) groups is 2. The molecule has 82 valence electrons. The van der Waals surface area contributed by atoms with Crippen LogP contribution in [0.25, 0.3) is 0 Å². The van der Waals surface area contributed by atoms with Crippen LogP contribution in [0.2, 0.25) is 0 Å². The van der Waals surface area contributed by atoms with Gasteiger partial charge in [0, 0.05) is 0 Å². The van der Waals surface area contributed by atoms with Gasteiger partial charge in [0.2, 0.25) is 0 Å². The van der Waals surface area contributed by atoms with Crippen LogP contribution in [0.15, 0.2) is 0 Å². The fourth-order valence-corrected chi connectivity index (χ4v) is 0.547. The van der Waals surface area contributed by atoms with E-state index in [9.17, 15) is 9.59 Å². The van der Waals surface area contributed by atoms with E-state index in [1.165, 1.54) is 13.8 Å². The third kappa shape index (κ3) is 5.50. The Balaban J connectivity index is 3.48. The second kappa shape index (κ2) is 6.33. The molecule has 4 N–H and O–H groups in total. The van der Waals surface area contributed by atoms with Gasteiger partial charge in [-0.1, -0.05) is 0 Å². The SMILES string of the molecule is C[C@H](N)C(=O)OCCOC(=O)[C@H](C)N. The van der Waals surface area contributed by atoms with Crippen LogP contribution in [-0.2, 0) is 19.1 Å². The number of hydrogen-bond donors (Lipinski definition) is 2. The van der Waals surface area contributed by atoms with E-state index in [1.807, 2.05) is 0 Å². The highest BCUT2D eigenvalue weighted by Crippen LogP contribution is 1.87. The van der Waals surface area contributed by atoms with Crippen molar-refractivity contribution in [3.05, 3.63) is 0 Å². The summed E-state index contributed by atoms with van der Waals surface area (Å²) in [6.45, 7) is 3.02. The molecule has 0 heterocycles. The summed E-state index contributed by atoms with van der Waals surface area (Å²) in [6, 6.07) is -1.33. The van der Waals surface area contributed by atoms with E-state index in [0.29, 0.717) is 0 Å². The van der Waals surface area contributed by atoms with Crippen LogP contribution in [0, 0.1) is 0 Å². The molecule has 0 radical (unpaired) electrons. The Kier molecular flexibility index (Phi) is 5.82. The predicted molar refractivity (Wildman–Crippen MR) is 49.2 cm³/mol. The first kappa shape index (κ1) is 12.9. The molecule has 6 nitrogen and oxygen atoms in total. The molecule has 2 atom stereocenters. The average Bonchev–Trinajstić information content (AvgIpc) is 2.11. The van der Waals surface area contributed by atoms with Gasteiger partial charge < -0.3 is 20.9 Å². The molecule has 0 aromatic rings. The second-order valence-corrected chi connectivity index (χ2v) is 2.91. The lowest BCUT2D eigenvalue weighted by atomic mass is 10.4. The summed E-state index contributed by atoms with van der Waals surface area (Å²) in [7, 11) is 0. The Hall–Kier alpha value is -1.14. The molecule has 0 aromatic carbocycles. The first-order chi connectivity index (χ1) is 6.45. The van der Waals surface area contributed by atoms with Crippen molar-refractivity contribution in [2.45, 2.75) is 25.9 Å². The molecule has 0 aliphatic heterocycles. The number of carbonyl (C=O) groups excluding carboxylic acids is 2. The standard InChI is InChI=1S/C8H16N2O4/c1-5(9)7(11)13-3-4-14-8(12)6(2)10/h5-6H,3-4,9-10H2,1-2H3/t5-,6-/m0/s1. The van der Waals surface area contributed by atoms with E-state index in [-0.39, 0.29) is 13.2 Å². The Labute approximate surface area is 82.5 Å². The van der Waals surface area contributed by atoms with E-state index in [0.717, 1.165) is 0 Å². The molecule has 0 aromatic heterocycles. The summed E-state index contributed by atoms with van der Waals surface area (Å²) in [5, 5.41) is 0. The molecule has 0 rings (SSSR count). The van der Waals surface area contributed by atoms with E-state index in [4.69, 9.17) is 11.5 Å². The van der Waals surface area contributed by atoms with E-state index < -0.39 is 24.0 Å². The molecule has 0 bridgehead atoms. The summed E-state index contributed by atoms with van der Waals surface area (Å²) in [5.74, 6) is -1.05. The summed E-state index contributed by atoms with van der Waals surface area (Å²) in [5.41, 5.74) is 10.4. The molecule has 0 aliphatic carbocycles. The van der Waals surface area contributed by atoms with Crippen molar-refractivity contribution < 1.29 is 19.1 Å². The van der Waals surface area contributed by atoms with Crippen LogP contribution < -0.4 is 11.5 Å². The van der Waals surface area contributed by atoms with Gasteiger partial charge >= 0.3 is 11.9 Å². The van der Waals surface area contributed by atoms with Gasteiger partial charge in [-0.2, -0.15) is 0 Å². The fraction of sp³-hybridized carbons (Fsp3) is 0.750. The quantitative estimate of drug-likeness (QED) is 0.429. The fourth-order valence-electron chi connectivity index (χ4n) is 0.547. The molecule has 0 amide bonds. The predicted octanol–water partition coefficient (Wildman–Crippen LogP) is -1.23. The maximum Gasteiger partial charge on any atom is 0.322 e. The van der Waals surface area contributed by atoms with Crippen LogP contribution in [0.3, 0.4) is 0 Å². The van der Waals surface area contributed by atoms with Crippen molar-refractivity contribution in [3.8, 4) is 0 Å². The smallest absolute Gasteiger partial charge is 0.322 e. The van der Waals surface area contributed by atoms with E-state index >= 15 is 0 Å². The largest absolute Gasteiger partial charge is 0.461 e. The number of nitrogens with two attached hydrogens (primary N) is 2. The maximum atomic E-state index is 10.8. The van der Waals surface area contributed by atoms with Crippen molar-refractivity contribution in [3.63, 3.8) is 0 Å². The topological polar surface area (TPSA) is 105 Å². The van der Waals surface area contributed by atoms with Gasteiger partial charge in [-0.05, 0) is 13.8 Å². The van der Waals surface area contributed by atoms with Crippen molar-refractivity contribution in [2.75, 3.05) is 13.2 Å². The zero-order chi connectivity index (χ0) is 11.1. The van der Waals surface area contributed by atoms with Gasteiger partial charge in [0.05, 0.1) is 0 Å². The number of rotatable bonds is 5. The molecule has 0 saturated carbocycles. The molecule has 14 heavy (non-hydrogen) atoms. The molecule has 0 spiro atoms. The van der Waals surface area contributed by atoms with Crippen LogP contribution in [0.4, 0.5) is 0 Å². The normalized spacial score (nSPS) is 14.3. The number of hydrogen-bond acceptors (Lipinski definition) is 6. The van der Waals surface area contributed by atoms with Gasteiger partial charge in [0.25, 0.3) is 0 Å². The molecule has 6 heteroatoms. The minimum absolute atomic E-state index is 0.00116. The lowest BCUT2D eigenvalue weighted by Gasteiger charge is -2.08. The number of esters is 2. The summed E-state index contributed by atoms with van der Waals surface area (Å²) in [4.78, 5) is 21.6. The van der Waals surface area contributed by atoms with Crippen molar-refractivity contribution in [2.24, 2.45) is 11.5 Å². The average molecular weight is 204 g/mol. The number of ether oxygens (including phenoxy) is 2. The molecular weight excluding hydrogens is 188 g/mol. The Morgan fingerprint density at radius 2 is 1.29 bits per heavy atom. The Morgan fingerprint density at radius 3 is 1.50 bits per heavy atom. The first-order valence-electron chi connectivity index (χ1n) is 4.29. The third-order valence-corrected chi connectivity index (χ3v) is 1.32. The zero-order valence-corrected chi connectivity index (χ0v) is 8.36. The van der Waals surface area contributed by atoms with Crippen molar-refractivity contribution in [1.29, 1.82) is 0 Å². The van der Waals surface area contributed by atoms with Gasteiger partial charge in [-0.25, -0.2) is 0 Å². The highest BCUT2D eigenvalue weighted by Gasteiger charge is 2.10. The van der Waals surface area contributed by atoms with Crippen LogP contribution in [0.1, 0.15) is 13.8 Å².